The predicted octanol–water partition coefficient (Wildman–Crippen LogP) is 5.52. The number of aromatic carboxylic acids is 1. The molecule has 0 saturated heterocycles. The van der Waals surface area contributed by atoms with Gasteiger partial charge in [-0.3, -0.25) is 4.79 Å². The van der Waals surface area contributed by atoms with Gasteiger partial charge in [0.15, 0.2) is 0 Å². The van der Waals surface area contributed by atoms with E-state index in [1.165, 1.54) is 11.6 Å². The normalized spacial score (nSPS) is 10.8. The van der Waals surface area contributed by atoms with Gasteiger partial charge in [-0.25, -0.2) is 4.79 Å². The largest absolute Gasteiger partial charge is 0.478 e. The van der Waals surface area contributed by atoms with Gasteiger partial charge in [-0.15, -0.1) is 0 Å². The van der Waals surface area contributed by atoms with E-state index >= 15 is 0 Å². The molecule has 0 fully saturated rings. The first-order valence-electron chi connectivity index (χ1n) is 9.56. The average Bonchev–Trinajstić information content (AvgIpc) is 2.74. The SMILES string of the molecule is O=C(CCCc1ccccc1)Nc1cc(C=Cc2ccccc2)ccc1C(=O)O. The number of rotatable bonds is 8. The van der Waals surface area contributed by atoms with Gasteiger partial charge in [0.1, 0.15) is 0 Å². The van der Waals surface area contributed by atoms with Gasteiger partial charge in [0.05, 0.1) is 11.3 Å². The molecular formula is C25H23NO3. The number of anilines is 1. The maximum Gasteiger partial charge on any atom is 0.337 e. The number of carboxylic acid groups (broad SMARTS) is 1. The third kappa shape index (κ3) is 6.18. The highest BCUT2D eigenvalue weighted by molar-refractivity contribution is 6.01. The van der Waals surface area contributed by atoms with Gasteiger partial charge in [0.2, 0.25) is 5.91 Å². The van der Waals surface area contributed by atoms with Crippen LogP contribution < -0.4 is 5.32 Å². The van der Waals surface area contributed by atoms with Crippen molar-refractivity contribution in [2.24, 2.45) is 0 Å². The third-order valence-corrected chi connectivity index (χ3v) is 4.53. The fraction of sp³-hybridized carbons (Fsp3) is 0.120. The van der Waals surface area contributed by atoms with E-state index in [1.807, 2.05) is 72.8 Å². The van der Waals surface area contributed by atoms with Crippen molar-refractivity contribution in [3.05, 3.63) is 101 Å². The van der Waals surface area contributed by atoms with Crippen molar-refractivity contribution in [1.29, 1.82) is 0 Å². The standard InChI is InChI=1S/C25H23NO3/c27-24(13-7-12-19-8-3-1-4-9-19)26-23-18-21(16-17-22(23)25(28)29)15-14-20-10-5-2-6-11-20/h1-6,8-11,14-18H,7,12-13H2,(H,26,27)(H,28,29). The quantitative estimate of drug-likeness (QED) is 0.502. The fourth-order valence-corrected chi connectivity index (χ4v) is 3.02. The topological polar surface area (TPSA) is 66.4 Å². The lowest BCUT2D eigenvalue weighted by Gasteiger charge is -2.10. The van der Waals surface area contributed by atoms with Crippen molar-refractivity contribution in [2.45, 2.75) is 19.3 Å². The molecule has 2 N–H and O–H groups in total. The summed E-state index contributed by atoms with van der Waals surface area (Å²) in [5.74, 6) is -1.25. The monoisotopic (exact) mass is 385 g/mol. The average molecular weight is 385 g/mol. The van der Waals surface area contributed by atoms with Crippen LogP contribution in [-0.4, -0.2) is 17.0 Å². The van der Waals surface area contributed by atoms with E-state index in [-0.39, 0.29) is 11.5 Å². The van der Waals surface area contributed by atoms with E-state index in [1.54, 1.807) is 12.1 Å². The van der Waals surface area contributed by atoms with Crippen LogP contribution in [0, 0.1) is 0 Å². The molecular weight excluding hydrogens is 362 g/mol. The molecule has 3 rings (SSSR count). The van der Waals surface area contributed by atoms with Gasteiger partial charge in [-0.1, -0.05) is 78.9 Å². The number of nitrogens with one attached hydrogen (secondary N) is 1. The molecule has 0 spiro atoms. The Morgan fingerprint density at radius 2 is 1.48 bits per heavy atom. The molecule has 0 heterocycles. The summed E-state index contributed by atoms with van der Waals surface area (Å²) < 4.78 is 0. The molecule has 0 unspecified atom stereocenters. The summed E-state index contributed by atoms with van der Waals surface area (Å²) in [6, 6.07) is 24.7. The summed E-state index contributed by atoms with van der Waals surface area (Å²) in [6.07, 6.45) is 5.68. The summed E-state index contributed by atoms with van der Waals surface area (Å²) in [5.41, 5.74) is 3.44. The highest BCUT2D eigenvalue weighted by Crippen LogP contribution is 2.20. The molecule has 4 nitrogen and oxygen atoms in total. The number of aryl methyl sites for hydroxylation is 1. The van der Waals surface area contributed by atoms with E-state index in [0.29, 0.717) is 18.5 Å². The number of carbonyl (C=O) groups is 2. The lowest BCUT2D eigenvalue weighted by molar-refractivity contribution is -0.116. The van der Waals surface area contributed by atoms with Gasteiger partial charge < -0.3 is 10.4 Å². The Labute approximate surface area is 170 Å². The Hall–Kier alpha value is -3.66. The van der Waals surface area contributed by atoms with Crippen molar-refractivity contribution in [2.75, 3.05) is 5.32 Å². The lowest BCUT2D eigenvalue weighted by Crippen LogP contribution is -2.14. The summed E-state index contributed by atoms with van der Waals surface area (Å²) in [6.45, 7) is 0. The second-order valence-corrected chi connectivity index (χ2v) is 6.74. The molecule has 0 atom stereocenters. The van der Waals surface area contributed by atoms with Crippen molar-refractivity contribution in [3.63, 3.8) is 0 Å². The van der Waals surface area contributed by atoms with Crippen molar-refractivity contribution in [3.8, 4) is 0 Å². The Kier molecular flexibility index (Phi) is 6.95. The highest BCUT2D eigenvalue weighted by Gasteiger charge is 2.13. The number of hydrogen-bond donors (Lipinski definition) is 2. The second kappa shape index (κ2) is 10.0. The van der Waals surface area contributed by atoms with Crippen LogP contribution in [0.25, 0.3) is 12.2 Å². The molecule has 1 amide bonds. The molecule has 29 heavy (non-hydrogen) atoms. The summed E-state index contributed by atoms with van der Waals surface area (Å²) in [5, 5.41) is 12.2. The van der Waals surface area contributed by atoms with Crippen molar-refractivity contribution >= 4 is 29.7 Å². The van der Waals surface area contributed by atoms with E-state index in [0.717, 1.165) is 17.5 Å². The first kappa shape index (κ1) is 20.1. The molecule has 0 aromatic heterocycles. The summed E-state index contributed by atoms with van der Waals surface area (Å²) in [4.78, 5) is 23.9. The van der Waals surface area contributed by atoms with E-state index in [2.05, 4.69) is 5.32 Å². The van der Waals surface area contributed by atoms with E-state index in [9.17, 15) is 14.7 Å². The molecule has 146 valence electrons. The van der Waals surface area contributed by atoms with Gasteiger partial charge >= 0.3 is 5.97 Å². The Balaban J connectivity index is 1.66. The molecule has 3 aromatic carbocycles. The lowest BCUT2D eigenvalue weighted by atomic mass is 10.1. The smallest absolute Gasteiger partial charge is 0.337 e. The number of carbonyl (C=O) groups excluding carboxylic acids is 1. The molecule has 4 heteroatoms. The zero-order chi connectivity index (χ0) is 20.5. The van der Waals surface area contributed by atoms with Gasteiger partial charge in [0, 0.05) is 6.42 Å². The predicted molar refractivity (Wildman–Crippen MR) is 117 cm³/mol. The van der Waals surface area contributed by atoms with E-state index in [4.69, 9.17) is 0 Å². The number of hydrogen-bond acceptors (Lipinski definition) is 2. The van der Waals surface area contributed by atoms with Crippen LogP contribution in [0.15, 0.2) is 78.9 Å². The maximum absolute atomic E-state index is 12.3. The van der Waals surface area contributed by atoms with Crippen LogP contribution in [0.2, 0.25) is 0 Å². The molecule has 0 aliphatic heterocycles. The first-order valence-corrected chi connectivity index (χ1v) is 9.56. The number of benzene rings is 3. The minimum Gasteiger partial charge on any atom is -0.478 e. The number of carboxylic acids is 1. The van der Waals surface area contributed by atoms with Crippen LogP contribution in [0.3, 0.4) is 0 Å². The van der Waals surface area contributed by atoms with Crippen molar-refractivity contribution in [1.82, 2.24) is 0 Å². The fourth-order valence-electron chi connectivity index (χ4n) is 3.02. The molecule has 0 aliphatic rings. The Bertz CT molecular complexity index is 995. The first-order chi connectivity index (χ1) is 14.1. The zero-order valence-corrected chi connectivity index (χ0v) is 16.0. The van der Waals surface area contributed by atoms with Crippen LogP contribution in [-0.2, 0) is 11.2 Å². The molecule has 0 aliphatic carbocycles. The molecule has 3 aromatic rings. The van der Waals surface area contributed by atoms with E-state index < -0.39 is 5.97 Å². The summed E-state index contributed by atoms with van der Waals surface area (Å²) in [7, 11) is 0. The molecule has 0 radical (unpaired) electrons. The van der Waals surface area contributed by atoms with Crippen LogP contribution in [0.4, 0.5) is 5.69 Å². The van der Waals surface area contributed by atoms with Gasteiger partial charge in [0.25, 0.3) is 0 Å². The zero-order valence-electron chi connectivity index (χ0n) is 16.0. The highest BCUT2D eigenvalue weighted by atomic mass is 16.4. The maximum atomic E-state index is 12.3. The summed E-state index contributed by atoms with van der Waals surface area (Å²) >= 11 is 0. The van der Waals surface area contributed by atoms with Gasteiger partial charge in [-0.05, 0) is 41.7 Å². The molecule has 0 saturated carbocycles. The molecule has 0 bridgehead atoms. The minimum absolute atomic E-state index is 0.0817. The third-order valence-electron chi connectivity index (χ3n) is 4.53. The Morgan fingerprint density at radius 1 is 0.828 bits per heavy atom. The van der Waals surface area contributed by atoms with Crippen LogP contribution in [0.5, 0.6) is 0 Å². The number of amides is 1. The van der Waals surface area contributed by atoms with Gasteiger partial charge in [-0.2, -0.15) is 0 Å². The Morgan fingerprint density at radius 3 is 2.17 bits per heavy atom. The minimum atomic E-state index is -1.07. The second-order valence-electron chi connectivity index (χ2n) is 6.74. The van der Waals surface area contributed by atoms with Crippen molar-refractivity contribution < 1.29 is 14.7 Å². The van der Waals surface area contributed by atoms with Crippen LogP contribution >= 0.6 is 0 Å². The van der Waals surface area contributed by atoms with Crippen LogP contribution in [0.1, 0.15) is 39.9 Å².